The predicted molar refractivity (Wildman–Crippen MR) is 140 cm³/mol. The minimum absolute atomic E-state index is 0.133. The molecule has 0 aliphatic heterocycles. The number of carbonyl (C=O) groups excluding carboxylic acids is 2. The standard InChI is InChI=1S/C21H21ClN2O4.2C2H6.C2H2/c1-28-19(27)11-10-16-15-4-2-3-5-17(15)23-21(16)20(24-18(26)12-22)13-6-8-14(25)9-7-13;3*1-2/h2-9,20,23,25H,10-12H2,1H3,(H,24,26);2*1-2H3;1-2H/t20-;;;/m1.../s1. The summed E-state index contributed by atoms with van der Waals surface area (Å²) in [6.45, 7) is 8.00. The number of esters is 1. The molecule has 0 aliphatic rings. The van der Waals surface area contributed by atoms with Crippen LogP contribution in [-0.4, -0.2) is 35.0 Å². The number of carbonyl (C=O) groups is 2. The van der Waals surface area contributed by atoms with Crippen molar-refractivity contribution in [3.05, 3.63) is 65.4 Å². The maximum atomic E-state index is 12.1. The van der Waals surface area contributed by atoms with Crippen LogP contribution in [0, 0.1) is 12.8 Å². The number of amides is 1. The van der Waals surface area contributed by atoms with Gasteiger partial charge in [-0.1, -0.05) is 58.0 Å². The van der Waals surface area contributed by atoms with Crippen molar-refractivity contribution in [2.75, 3.05) is 13.0 Å². The number of alkyl halides is 1. The van der Waals surface area contributed by atoms with Crippen LogP contribution in [0.1, 0.15) is 57.0 Å². The summed E-state index contributed by atoms with van der Waals surface area (Å²) in [6.07, 6.45) is 8.68. The van der Waals surface area contributed by atoms with E-state index >= 15 is 0 Å². The van der Waals surface area contributed by atoms with Gasteiger partial charge in [0.2, 0.25) is 5.91 Å². The first kappa shape index (κ1) is 30.6. The molecule has 3 aromatic rings. The zero-order valence-electron chi connectivity index (χ0n) is 20.5. The van der Waals surface area contributed by atoms with Crippen LogP contribution in [0.4, 0.5) is 0 Å². The molecule has 0 bridgehead atoms. The van der Waals surface area contributed by atoms with Gasteiger partial charge in [-0.15, -0.1) is 24.4 Å². The second kappa shape index (κ2) is 17.1. The third kappa shape index (κ3) is 8.49. The van der Waals surface area contributed by atoms with Gasteiger partial charge in [0.1, 0.15) is 11.6 Å². The number of nitrogens with one attached hydrogen (secondary N) is 2. The van der Waals surface area contributed by atoms with E-state index in [2.05, 4.69) is 23.1 Å². The summed E-state index contributed by atoms with van der Waals surface area (Å²) in [5.41, 5.74) is 3.38. The van der Waals surface area contributed by atoms with Gasteiger partial charge in [-0.2, -0.15) is 0 Å². The number of phenolic OH excluding ortho intramolecular Hbond substituents is 1. The van der Waals surface area contributed by atoms with Gasteiger partial charge in [-0.25, -0.2) is 0 Å². The lowest BCUT2D eigenvalue weighted by Gasteiger charge is -2.20. The highest BCUT2D eigenvalue weighted by Crippen LogP contribution is 2.32. The highest BCUT2D eigenvalue weighted by molar-refractivity contribution is 6.27. The number of fused-ring (bicyclic) bond motifs is 1. The Morgan fingerprint density at radius 1 is 1.06 bits per heavy atom. The number of para-hydroxylation sites is 1. The number of hydrogen-bond donors (Lipinski definition) is 3. The van der Waals surface area contributed by atoms with Crippen molar-refractivity contribution in [2.45, 2.75) is 46.6 Å². The van der Waals surface area contributed by atoms with Crippen LogP contribution in [0.3, 0.4) is 0 Å². The first-order valence-corrected chi connectivity index (χ1v) is 11.7. The molecule has 0 spiro atoms. The van der Waals surface area contributed by atoms with Crippen LogP contribution in [0.5, 0.6) is 5.75 Å². The normalized spacial score (nSPS) is 10.2. The van der Waals surface area contributed by atoms with E-state index in [1.165, 1.54) is 7.11 Å². The SMILES string of the molecule is C#C.CC.CC.COC(=O)CCc1c([C@H](NC(=O)CCl)c2ccc(O)cc2)[nH]c2ccccc12. The highest BCUT2D eigenvalue weighted by atomic mass is 35.5. The summed E-state index contributed by atoms with van der Waals surface area (Å²) in [5.74, 6) is -0.667. The summed E-state index contributed by atoms with van der Waals surface area (Å²) < 4.78 is 4.78. The number of H-pyrrole nitrogens is 1. The zero-order chi connectivity index (χ0) is 26.1. The third-order valence-electron chi connectivity index (χ3n) is 4.60. The number of hydrogen-bond acceptors (Lipinski definition) is 4. The van der Waals surface area contributed by atoms with E-state index < -0.39 is 6.04 Å². The van der Waals surface area contributed by atoms with E-state index in [0.717, 1.165) is 27.7 Å². The van der Waals surface area contributed by atoms with Crippen LogP contribution in [0.15, 0.2) is 48.5 Å². The molecule has 34 heavy (non-hydrogen) atoms. The first-order valence-electron chi connectivity index (χ1n) is 11.2. The van der Waals surface area contributed by atoms with Gasteiger partial charge in [0.15, 0.2) is 0 Å². The summed E-state index contributed by atoms with van der Waals surface area (Å²) in [7, 11) is 1.36. The van der Waals surface area contributed by atoms with Crippen molar-refractivity contribution in [1.82, 2.24) is 10.3 Å². The zero-order valence-corrected chi connectivity index (χ0v) is 21.3. The minimum Gasteiger partial charge on any atom is -0.508 e. The molecule has 0 radical (unpaired) electrons. The molecular formula is C27H35ClN2O4. The lowest BCUT2D eigenvalue weighted by atomic mass is 9.96. The molecule has 2 aromatic carbocycles. The molecule has 0 unspecified atom stereocenters. The van der Waals surface area contributed by atoms with Crippen molar-refractivity contribution in [1.29, 1.82) is 0 Å². The van der Waals surface area contributed by atoms with Crippen molar-refractivity contribution in [3.63, 3.8) is 0 Å². The van der Waals surface area contributed by atoms with E-state index in [1.54, 1.807) is 24.3 Å². The van der Waals surface area contributed by atoms with E-state index in [-0.39, 0.29) is 29.9 Å². The first-order chi connectivity index (χ1) is 16.5. The van der Waals surface area contributed by atoms with Gasteiger partial charge in [0.25, 0.3) is 0 Å². The Kier molecular flexibility index (Phi) is 15.4. The molecule has 1 aromatic heterocycles. The van der Waals surface area contributed by atoms with E-state index in [0.29, 0.717) is 6.42 Å². The number of halogens is 1. The van der Waals surface area contributed by atoms with E-state index in [4.69, 9.17) is 16.3 Å². The number of rotatable bonds is 7. The van der Waals surface area contributed by atoms with E-state index in [9.17, 15) is 14.7 Å². The van der Waals surface area contributed by atoms with Crippen LogP contribution >= 0.6 is 11.6 Å². The Bertz CT molecular complexity index is 1030. The fourth-order valence-corrected chi connectivity index (χ4v) is 3.33. The van der Waals surface area contributed by atoms with Crippen molar-refractivity contribution in [2.24, 2.45) is 0 Å². The number of phenols is 1. The Morgan fingerprint density at radius 3 is 2.21 bits per heavy atom. The number of terminal acetylenes is 1. The number of ether oxygens (including phenoxy) is 1. The van der Waals surface area contributed by atoms with Crippen LogP contribution < -0.4 is 5.32 Å². The van der Waals surface area contributed by atoms with Crippen molar-refractivity contribution < 1.29 is 19.4 Å². The molecule has 1 heterocycles. The largest absolute Gasteiger partial charge is 0.508 e. The highest BCUT2D eigenvalue weighted by Gasteiger charge is 2.24. The molecule has 7 heteroatoms. The van der Waals surface area contributed by atoms with Gasteiger partial charge < -0.3 is 20.1 Å². The third-order valence-corrected chi connectivity index (χ3v) is 4.84. The lowest BCUT2D eigenvalue weighted by molar-refractivity contribution is -0.140. The van der Waals surface area contributed by atoms with Crippen LogP contribution in [-0.2, 0) is 20.7 Å². The summed E-state index contributed by atoms with van der Waals surface area (Å²) in [4.78, 5) is 27.2. The average Bonchev–Trinajstić information content (AvgIpc) is 3.28. The molecule has 6 nitrogen and oxygen atoms in total. The Balaban J connectivity index is 0.00000168. The van der Waals surface area contributed by atoms with Crippen LogP contribution in [0.25, 0.3) is 10.9 Å². The maximum absolute atomic E-state index is 12.1. The minimum atomic E-state index is -0.508. The molecule has 1 atom stereocenters. The van der Waals surface area contributed by atoms with Gasteiger partial charge in [-0.05, 0) is 35.7 Å². The molecule has 3 rings (SSSR count). The summed E-state index contributed by atoms with van der Waals surface area (Å²) in [6, 6.07) is 13.9. The number of benzene rings is 2. The second-order valence-corrected chi connectivity index (χ2v) is 6.63. The monoisotopic (exact) mass is 486 g/mol. The Hall–Kier alpha value is -3.43. The van der Waals surface area contributed by atoms with Crippen molar-refractivity contribution in [3.8, 4) is 18.6 Å². The molecule has 0 aliphatic carbocycles. The molecule has 0 saturated heterocycles. The van der Waals surface area contributed by atoms with Crippen molar-refractivity contribution >= 4 is 34.4 Å². The summed E-state index contributed by atoms with van der Waals surface area (Å²) >= 11 is 5.71. The van der Waals surface area contributed by atoms with Gasteiger partial charge in [-0.3, -0.25) is 9.59 Å². The molecule has 0 saturated carbocycles. The quantitative estimate of drug-likeness (QED) is 0.226. The second-order valence-electron chi connectivity index (χ2n) is 6.36. The number of aromatic hydroxyl groups is 1. The van der Waals surface area contributed by atoms with Gasteiger partial charge >= 0.3 is 5.97 Å². The molecule has 3 N–H and O–H groups in total. The predicted octanol–water partition coefficient (Wildman–Crippen LogP) is 5.73. The molecule has 1 amide bonds. The van der Waals surface area contributed by atoms with Gasteiger partial charge in [0.05, 0.1) is 13.2 Å². The summed E-state index contributed by atoms with van der Waals surface area (Å²) in [5, 5.41) is 13.5. The lowest BCUT2D eigenvalue weighted by Crippen LogP contribution is -2.31. The molecule has 0 fully saturated rings. The average molecular weight is 487 g/mol. The molecule has 184 valence electrons. The smallest absolute Gasteiger partial charge is 0.305 e. The maximum Gasteiger partial charge on any atom is 0.305 e. The Labute approximate surface area is 207 Å². The topological polar surface area (TPSA) is 91.4 Å². The molecular weight excluding hydrogens is 452 g/mol. The fourth-order valence-electron chi connectivity index (χ4n) is 3.25. The number of aromatic amines is 1. The number of aromatic nitrogens is 1. The van der Waals surface area contributed by atoms with Crippen LogP contribution in [0.2, 0.25) is 0 Å². The Morgan fingerprint density at radius 2 is 1.65 bits per heavy atom. The van der Waals surface area contributed by atoms with Gasteiger partial charge in [0, 0.05) is 23.0 Å². The number of methoxy groups -OCH3 is 1. The van der Waals surface area contributed by atoms with E-state index in [1.807, 2.05) is 52.0 Å². The fraction of sp³-hybridized carbons (Fsp3) is 0.333. The number of aryl methyl sites for hydroxylation is 1.